The first-order valence-electron chi connectivity index (χ1n) is 13.8. The molecular formula is C28H36FN7O3S. The Morgan fingerprint density at radius 3 is 2.70 bits per heavy atom. The molecule has 0 bridgehead atoms. The van der Waals surface area contributed by atoms with Gasteiger partial charge in [0.2, 0.25) is 6.39 Å². The van der Waals surface area contributed by atoms with Crippen molar-refractivity contribution >= 4 is 28.3 Å². The van der Waals surface area contributed by atoms with Crippen LogP contribution in [-0.2, 0) is 13.0 Å². The SMILES string of the molecule is CC(=O)c1sc(NC(=O)N[C@@H]2CCN(Cc3ncon3)C[C@H]2CN2CCCC(Cc3ccc(F)cc3)C2)nc1C. The van der Waals surface area contributed by atoms with Crippen molar-refractivity contribution in [3.05, 3.63) is 58.4 Å². The molecule has 5 rings (SSSR count). The lowest BCUT2D eigenvalue weighted by molar-refractivity contribution is 0.0803. The van der Waals surface area contributed by atoms with Crippen molar-refractivity contribution in [2.45, 2.75) is 52.1 Å². The highest BCUT2D eigenvalue weighted by Crippen LogP contribution is 2.26. The molecule has 40 heavy (non-hydrogen) atoms. The number of ketones is 1. The summed E-state index contributed by atoms with van der Waals surface area (Å²) in [5.74, 6) is 1.10. The normalized spacial score (nSPS) is 22.2. The fourth-order valence-electron chi connectivity index (χ4n) is 5.94. The molecule has 4 heterocycles. The van der Waals surface area contributed by atoms with Crippen molar-refractivity contribution < 1.29 is 18.5 Å². The summed E-state index contributed by atoms with van der Waals surface area (Å²) in [5.41, 5.74) is 1.79. The molecule has 1 aromatic carbocycles. The summed E-state index contributed by atoms with van der Waals surface area (Å²) >= 11 is 1.20. The van der Waals surface area contributed by atoms with Crippen LogP contribution in [0.4, 0.5) is 14.3 Å². The van der Waals surface area contributed by atoms with E-state index in [0.717, 1.165) is 58.4 Å². The number of urea groups is 1. The molecule has 10 nitrogen and oxygen atoms in total. The van der Waals surface area contributed by atoms with Gasteiger partial charge >= 0.3 is 6.03 Å². The topological polar surface area (TPSA) is 116 Å². The predicted molar refractivity (Wildman–Crippen MR) is 150 cm³/mol. The van der Waals surface area contributed by atoms with Gasteiger partial charge in [-0.3, -0.25) is 15.0 Å². The number of amides is 2. The van der Waals surface area contributed by atoms with Crippen molar-refractivity contribution in [3.63, 3.8) is 0 Å². The van der Waals surface area contributed by atoms with Crippen LogP contribution in [0.1, 0.15) is 52.9 Å². The van der Waals surface area contributed by atoms with Crippen molar-refractivity contribution in [3.8, 4) is 0 Å². The fraction of sp³-hybridized carbons (Fsp3) is 0.536. The van der Waals surface area contributed by atoms with E-state index in [1.165, 1.54) is 42.4 Å². The number of piperidine rings is 2. The monoisotopic (exact) mass is 569 g/mol. The average Bonchev–Trinajstić information content (AvgIpc) is 3.56. The summed E-state index contributed by atoms with van der Waals surface area (Å²) < 4.78 is 18.3. The maximum Gasteiger partial charge on any atom is 0.321 e. The number of nitrogens with one attached hydrogen (secondary N) is 2. The van der Waals surface area contributed by atoms with Gasteiger partial charge < -0.3 is 14.7 Å². The number of anilines is 1. The van der Waals surface area contributed by atoms with Crippen molar-refractivity contribution in [2.75, 3.05) is 38.0 Å². The van der Waals surface area contributed by atoms with Crippen LogP contribution >= 0.6 is 11.3 Å². The third kappa shape index (κ3) is 7.49. The highest BCUT2D eigenvalue weighted by Gasteiger charge is 2.33. The van der Waals surface area contributed by atoms with E-state index in [9.17, 15) is 14.0 Å². The number of rotatable bonds is 9. The predicted octanol–water partition coefficient (Wildman–Crippen LogP) is 4.14. The summed E-state index contributed by atoms with van der Waals surface area (Å²) in [4.78, 5) is 38.7. The Bertz CT molecular complexity index is 1280. The Labute approximate surface area is 237 Å². The number of thiazole rings is 1. The van der Waals surface area contributed by atoms with Crippen LogP contribution in [0.2, 0.25) is 0 Å². The third-order valence-corrected chi connectivity index (χ3v) is 8.95. The number of aromatic nitrogens is 3. The molecule has 0 aliphatic carbocycles. The molecule has 2 amide bonds. The number of Topliss-reactive ketones (excluding diaryl/α,β-unsaturated/α-hetero) is 1. The highest BCUT2D eigenvalue weighted by atomic mass is 32.1. The molecule has 3 atom stereocenters. The lowest BCUT2D eigenvalue weighted by atomic mass is 9.88. The first kappa shape index (κ1) is 28.3. The average molecular weight is 570 g/mol. The zero-order chi connectivity index (χ0) is 28.1. The van der Waals surface area contributed by atoms with Crippen LogP contribution in [0, 0.1) is 24.6 Å². The first-order chi connectivity index (χ1) is 19.3. The van der Waals surface area contributed by atoms with E-state index >= 15 is 0 Å². The van der Waals surface area contributed by atoms with Gasteiger partial charge in [0.15, 0.2) is 16.7 Å². The van der Waals surface area contributed by atoms with Crippen LogP contribution < -0.4 is 10.6 Å². The second-order valence-corrected chi connectivity index (χ2v) is 11.9. The smallest absolute Gasteiger partial charge is 0.321 e. The van der Waals surface area contributed by atoms with Gasteiger partial charge in [-0.2, -0.15) is 4.98 Å². The lowest BCUT2D eigenvalue weighted by Crippen LogP contribution is -2.55. The number of aryl methyl sites for hydroxylation is 1. The zero-order valence-corrected chi connectivity index (χ0v) is 23.8. The first-order valence-corrected chi connectivity index (χ1v) is 14.6. The van der Waals surface area contributed by atoms with Gasteiger partial charge in [0, 0.05) is 45.1 Å². The molecule has 2 N–H and O–H groups in total. The quantitative estimate of drug-likeness (QED) is 0.370. The van der Waals surface area contributed by atoms with Crippen LogP contribution in [0.15, 0.2) is 35.2 Å². The van der Waals surface area contributed by atoms with Crippen LogP contribution in [0.5, 0.6) is 0 Å². The number of nitrogens with zero attached hydrogens (tertiary/aromatic N) is 5. The van der Waals surface area contributed by atoms with Gasteiger partial charge in [0.1, 0.15) is 5.82 Å². The zero-order valence-electron chi connectivity index (χ0n) is 22.9. The van der Waals surface area contributed by atoms with Crippen LogP contribution in [-0.4, -0.2) is 75.5 Å². The molecule has 12 heteroatoms. The summed E-state index contributed by atoms with van der Waals surface area (Å²) in [5, 5.41) is 10.4. The summed E-state index contributed by atoms with van der Waals surface area (Å²) in [6, 6.07) is 6.50. The van der Waals surface area contributed by atoms with Gasteiger partial charge in [-0.1, -0.05) is 28.6 Å². The van der Waals surface area contributed by atoms with E-state index < -0.39 is 0 Å². The number of carbonyl (C=O) groups excluding carboxylic acids is 2. The number of benzene rings is 1. The number of carbonyl (C=O) groups is 2. The van der Waals surface area contributed by atoms with Crippen molar-refractivity contribution in [2.24, 2.45) is 11.8 Å². The summed E-state index contributed by atoms with van der Waals surface area (Å²) in [6.45, 7) is 8.33. The van der Waals surface area contributed by atoms with Gasteiger partial charge in [0.25, 0.3) is 0 Å². The summed E-state index contributed by atoms with van der Waals surface area (Å²) in [6.07, 6.45) is 5.34. The van der Waals surface area contributed by atoms with Gasteiger partial charge in [-0.05, 0) is 62.8 Å². The van der Waals surface area contributed by atoms with E-state index in [2.05, 4.69) is 35.6 Å². The van der Waals surface area contributed by atoms with E-state index in [4.69, 9.17) is 4.52 Å². The Kier molecular flexibility index (Phi) is 9.18. The fourth-order valence-corrected chi connectivity index (χ4v) is 6.79. The highest BCUT2D eigenvalue weighted by molar-refractivity contribution is 7.17. The van der Waals surface area contributed by atoms with E-state index in [-0.39, 0.29) is 29.6 Å². The maximum atomic E-state index is 13.4. The van der Waals surface area contributed by atoms with E-state index in [1.54, 1.807) is 6.92 Å². The minimum absolute atomic E-state index is 0.0210. The molecule has 0 radical (unpaired) electrons. The molecule has 3 aromatic rings. The molecule has 2 aromatic heterocycles. The molecular weight excluding hydrogens is 533 g/mol. The number of halogens is 1. The molecule has 0 spiro atoms. The van der Waals surface area contributed by atoms with Gasteiger partial charge in [-0.25, -0.2) is 14.2 Å². The minimum atomic E-state index is -0.307. The van der Waals surface area contributed by atoms with E-state index in [0.29, 0.717) is 34.0 Å². The third-order valence-electron chi connectivity index (χ3n) is 7.78. The van der Waals surface area contributed by atoms with Crippen molar-refractivity contribution in [1.82, 2.24) is 30.2 Å². The largest absolute Gasteiger partial charge is 0.343 e. The molecule has 1 unspecified atom stereocenters. The second-order valence-electron chi connectivity index (χ2n) is 10.9. The number of hydrogen-bond acceptors (Lipinski definition) is 9. The lowest BCUT2D eigenvalue weighted by Gasteiger charge is -2.42. The number of likely N-dealkylation sites (tertiary alicyclic amines) is 2. The Hall–Kier alpha value is -3.22. The maximum absolute atomic E-state index is 13.4. The molecule has 214 valence electrons. The van der Waals surface area contributed by atoms with Gasteiger partial charge in [0.05, 0.1) is 17.1 Å². The Balaban J connectivity index is 1.22. The van der Waals surface area contributed by atoms with Crippen LogP contribution in [0.3, 0.4) is 0 Å². The van der Waals surface area contributed by atoms with E-state index in [1.807, 2.05) is 12.1 Å². The standard InChI is InChI=1S/C28H36FN7O3S/c1-18-26(19(2)37)40-28(31-18)33-27(38)32-24-9-11-36(16-25-30-17-39-34-25)15-22(24)14-35-10-3-4-21(13-35)12-20-5-7-23(29)8-6-20/h5-8,17,21-22,24H,3-4,9-16H2,1-2H3,(H2,31,32,33,38)/t21?,22-,24-/m1/s1. The minimum Gasteiger partial charge on any atom is -0.343 e. The Morgan fingerprint density at radius 2 is 1.98 bits per heavy atom. The summed E-state index contributed by atoms with van der Waals surface area (Å²) in [7, 11) is 0. The second kappa shape index (κ2) is 13.0. The molecule has 2 aliphatic rings. The molecule has 0 saturated carbocycles. The van der Waals surface area contributed by atoms with Crippen molar-refractivity contribution in [1.29, 1.82) is 0 Å². The molecule has 2 aliphatic heterocycles. The van der Waals surface area contributed by atoms with Crippen LogP contribution in [0.25, 0.3) is 0 Å². The Morgan fingerprint density at radius 1 is 1.15 bits per heavy atom. The van der Waals surface area contributed by atoms with Gasteiger partial charge in [-0.15, -0.1) is 0 Å². The molecule has 2 saturated heterocycles. The number of hydrogen-bond donors (Lipinski definition) is 2. The molecule has 2 fully saturated rings.